The number of hydrogen-bond donors (Lipinski definition) is 2. The van der Waals surface area contributed by atoms with Crippen molar-refractivity contribution in [3.05, 3.63) is 68.7 Å². The average Bonchev–Trinajstić information content (AvgIpc) is 3.05. The normalized spacial score (nSPS) is 21.3. The molecule has 0 amide bonds. The first-order valence-electron chi connectivity index (χ1n) is 10.5. The largest absolute Gasteiger partial charge is 0.480 e. The van der Waals surface area contributed by atoms with Crippen molar-refractivity contribution >= 4 is 38.8 Å². The Bertz CT molecular complexity index is 1300. The minimum Gasteiger partial charge on any atom is -0.480 e. The highest BCUT2D eigenvalue weighted by molar-refractivity contribution is 9.10. The van der Waals surface area contributed by atoms with E-state index in [1.165, 1.54) is 0 Å². The number of hydrogen-bond acceptors (Lipinski definition) is 4. The molecule has 1 fully saturated rings. The van der Waals surface area contributed by atoms with Gasteiger partial charge in [-0.25, -0.2) is 0 Å². The molecule has 166 valence electrons. The lowest BCUT2D eigenvalue weighted by molar-refractivity contribution is -0.144. The number of likely N-dealkylation sites (tertiary alicyclic amines) is 1. The molecule has 32 heavy (non-hydrogen) atoms. The standard InChI is InChI=1S/C23H22BrN3O5/c24-15-4-5-16-17(11-25(12-21(29)30)19(16)7-15)22(23(31)32)26-8-13-6-14(10-26)18-2-1-3-20(28)27(18)9-13/h1-5,7,11,13-14,22H,6,8-10,12H2,(H,29,30)(H,31,32)/t13-,14+,22+/m1/s1. The molecule has 9 heteroatoms. The first-order chi connectivity index (χ1) is 15.3. The van der Waals surface area contributed by atoms with Crippen molar-refractivity contribution in [1.29, 1.82) is 0 Å². The predicted octanol–water partition coefficient (Wildman–Crippen LogP) is 2.90. The molecule has 2 aromatic heterocycles. The van der Waals surface area contributed by atoms with Gasteiger partial charge in [-0.2, -0.15) is 0 Å². The topological polar surface area (TPSA) is 105 Å². The molecule has 2 N–H and O–H groups in total. The number of rotatable bonds is 5. The zero-order valence-electron chi connectivity index (χ0n) is 17.1. The molecular formula is C23H22BrN3O5. The third-order valence-corrected chi connectivity index (χ3v) is 7.08. The van der Waals surface area contributed by atoms with Gasteiger partial charge in [-0.3, -0.25) is 19.3 Å². The summed E-state index contributed by atoms with van der Waals surface area (Å²) in [5, 5.41) is 20.3. The van der Waals surface area contributed by atoms with Crippen LogP contribution in [-0.4, -0.2) is 49.3 Å². The van der Waals surface area contributed by atoms with E-state index in [0.717, 1.165) is 22.0 Å². The molecule has 5 rings (SSSR count). The molecule has 0 unspecified atom stereocenters. The van der Waals surface area contributed by atoms with Crippen molar-refractivity contribution in [2.45, 2.75) is 31.5 Å². The van der Waals surface area contributed by atoms with Crippen molar-refractivity contribution < 1.29 is 19.8 Å². The van der Waals surface area contributed by atoms with Gasteiger partial charge in [0, 0.05) is 58.9 Å². The van der Waals surface area contributed by atoms with Crippen LogP contribution in [0.5, 0.6) is 0 Å². The van der Waals surface area contributed by atoms with Gasteiger partial charge in [0.25, 0.3) is 5.56 Å². The van der Waals surface area contributed by atoms with Gasteiger partial charge in [0.2, 0.25) is 0 Å². The first kappa shape index (κ1) is 21.0. The van der Waals surface area contributed by atoms with E-state index < -0.39 is 18.0 Å². The van der Waals surface area contributed by atoms with Crippen LogP contribution >= 0.6 is 15.9 Å². The summed E-state index contributed by atoms with van der Waals surface area (Å²) in [4.78, 5) is 38.2. The number of nitrogens with zero attached hydrogens (tertiary/aromatic N) is 3. The number of carboxylic acid groups (broad SMARTS) is 2. The molecule has 8 nitrogen and oxygen atoms in total. The van der Waals surface area contributed by atoms with Crippen molar-refractivity contribution in [3.8, 4) is 0 Å². The highest BCUT2D eigenvalue weighted by Gasteiger charge is 2.40. The third kappa shape index (κ3) is 3.55. The number of piperidine rings is 1. The summed E-state index contributed by atoms with van der Waals surface area (Å²) >= 11 is 3.42. The van der Waals surface area contributed by atoms with Crippen LogP contribution in [0.1, 0.15) is 29.6 Å². The van der Waals surface area contributed by atoms with Gasteiger partial charge in [-0.05, 0) is 30.5 Å². The molecule has 2 bridgehead atoms. The SMILES string of the molecule is O=C(O)Cn1cc([C@@H](C(=O)O)N2C[C@H]3C[C@@H](C2)c2cccc(=O)n2C3)c2ccc(Br)cc21. The average molecular weight is 500 g/mol. The highest BCUT2D eigenvalue weighted by Crippen LogP contribution is 2.40. The Labute approximate surface area is 191 Å². The number of aliphatic carboxylic acids is 2. The molecule has 0 radical (unpaired) electrons. The highest BCUT2D eigenvalue weighted by atomic mass is 79.9. The van der Waals surface area contributed by atoms with E-state index in [1.807, 2.05) is 33.7 Å². The van der Waals surface area contributed by atoms with Gasteiger partial charge >= 0.3 is 11.9 Å². The molecule has 1 aromatic carbocycles. The second-order valence-electron chi connectivity index (χ2n) is 8.66. The van der Waals surface area contributed by atoms with Crippen molar-refractivity contribution in [1.82, 2.24) is 14.0 Å². The summed E-state index contributed by atoms with van der Waals surface area (Å²) in [6.45, 7) is 1.43. The molecular weight excluding hydrogens is 478 g/mol. The Morgan fingerprint density at radius 3 is 2.69 bits per heavy atom. The van der Waals surface area contributed by atoms with Crippen LogP contribution in [0, 0.1) is 5.92 Å². The lowest BCUT2D eigenvalue weighted by Crippen LogP contribution is -2.49. The maximum Gasteiger partial charge on any atom is 0.325 e. The number of pyridine rings is 1. The predicted molar refractivity (Wildman–Crippen MR) is 121 cm³/mol. The van der Waals surface area contributed by atoms with Crippen LogP contribution < -0.4 is 5.56 Å². The minimum atomic E-state index is -0.991. The van der Waals surface area contributed by atoms with Gasteiger partial charge in [-0.1, -0.05) is 28.1 Å². The van der Waals surface area contributed by atoms with E-state index >= 15 is 0 Å². The summed E-state index contributed by atoms with van der Waals surface area (Å²) < 4.78 is 4.21. The first-order valence-corrected chi connectivity index (χ1v) is 11.3. The Morgan fingerprint density at radius 2 is 1.94 bits per heavy atom. The second kappa shape index (κ2) is 7.90. The third-order valence-electron chi connectivity index (χ3n) is 6.58. The van der Waals surface area contributed by atoms with E-state index in [9.17, 15) is 24.6 Å². The molecule has 0 spiro atoms. The molecule has 0 saturated carbocycles. The monoisotopic (exact) mass is 499 g/mol. The van der Waals surface area contributed by atoms with E-state index in [-0.39, 0.29) is 23.9 Å². The van der Waals surface area contributed by atoms with Gasteiger partial charge in [0.15, 0.2) is 0 Å². The number of carbonyl (C=O) groups is 2. The number of carboxylic acids is 2. The van der Waals surface area contributed by atoms with E-state index in [0.29, 0.717) is 30.7 Å². The lowest BCUT2D eigenvalue weighted by atomic mass is 9.82. The van der Waals surface area contributed by atoms with Crippen LogP contribution in [0.4, 0.5) is 0 Å². The molecule has 3 atom stereocenters. The Balaban J connectivity index is 1.57. The van der Waals surface area contributed by atoms with Crippen molar-refractivity contribution in [3.63, 3.8) is 0 Å². The minimum absolute atomic E-state index is 0.0113. The van der Waals surface area contributed by atoms with Crippen LogP contribution in [0.3, 0.4) is 0 Å². The number of halogens is 1. The summed E-state index contributed by atoms with van der Waals surface area (Å²) in [7, 11) is 0. The Kier molecular flexibility index (Phi) is 5.17. The van der Waals surface area contributed by atoms with Crippen molar-refractivity contribution in [2.24, 2.45) is 5.92 Å². The van der Waals surface area contributed by atoms with Crippen LogP contribution in [0.25, 0.3) is 10.9 Å². The fourth-order valence-corrected chi connectivity index (χ4v) is 5.77. The number of aromatic nitrogens is 2. The maximum atomic E-state index is 12.5. The Morgan fingerprint density at radius 1 is 1.12 bits per heavy atom. The number of fused-ring (bicyclic) bond motifs is 5. The zero-order chi connectivity index (χ0) is 22.6. The molecule has 1 saturated heterocycles. The van der Waals surface area contributed by atoms with Crippen LogP contribution in [-0.2, 0) is 22.7 Å². The number of benzene rings is 1. The lowest BCUT2D eigenvalue weighted by Gasteiger charge is -2.44. The molecule has 4 heterocycles. The van der Waals surface area contributed by atoms with E-state index in [4.69, 9.17) is 0 Å². The second-order valence-corrected chi connectivity index (χ2v) is 9.58. The van der Waals surface area contributed by atoms with Crippen LogP contribution in [0.15, 0.2) is 51.9 Å². The van der Waals surface area contributed by atoms with Gasteiger partial charge in [0.1, 0.15) is 12.6 Å². The molecule has 0 aliphatic carbocycles. The summed E-state index contributed by atoms with van der Waals surface area (Å²) in [6, 6.07) is 9.87. The van der Waals surface area contributed by atoms with Gasteiger partial charge < -0.3 is 19.3 Å². The molecule has 2 aliphatic heterocycles. The molecule has 2 aliphatic rings. The van der Waals surface area contributed by atoms with E-state index in [1.54, 1.807) is 22.9 Å². The zero-order valence-corrected chi connectivity index (χ0v) is 18.7. The fraction of sp³-hybridized carbons (Fsp3) is 0.348. The quantitative estimate of drug-likeness (QED) is 0.559. The van der Waals surface area contributed by atoms with Crippen molar-refractivity contribution in [2.75, 3.05) is 13.1 Å². The van der Waals surface area contributed by atoms with Crippen LogP contribution in [0.2, 0.25) is 0 Å². The Hall–Kier alpha value is -2.91. The van der Waals surface area contributed by atoms with Gasteiger partial charge in [0.05, 0.1) is 5.52 Å². The smallest absolute Gasteiger partial charge is 0.325 e. The summed E-state index contributed by atoms with van der Waals surface area (Å²) in [6.07, 6.45) is 2.59. The van der Waals surface area contributed by atoms with Gasteiger partial charge in [-0.15, -0.1) is 0 Å². The fourth-order valence-electron chi connectivity index (χ4n) is 5.42. The van der Waals surface area contributed by atoms with E-state index in [2.05, 4.69) is 15.9 Å². The molecule has 3 aromatic rings. The summed E-state index contributed by atoms with van der Waals surface area (Å²) in [5.74, 6) is -1.69. The maximum absolute atomic E-state index is 12.5. The summed E-state index contributed by atoms with van der Waals surface area (Å²) in [5.41, 5.74) is 2.21.